The first kappa shape index (κ1) is 28.5. The van der Waals surface area contributed by atoms with Gasteiger partial charge in [-0.1, -0.05) is 116 Å². The van der Waals surface area contributed by atoms with E-state index in [1.807, 2.05) is 18.2 Å². The molecule has 0 saturated carbocycles. The third kappa shape index (κ3) is 9.07. The number of aryl methyl sites for hydroxylation is 1. The van der Waals surface area contributed by atoms with E-state index in [1.54, 1.807) is 0 Å². The van der Waals surface area contributed by atoms with Crippen LogP contribution in [0.2, 0.25) is 0 Å². The summed E-state index contributed by atoms with van der Waals surface area (Å²) in [6.07, 6.45) is 12.5. The number of nitrogens with zero attached hydrogens (tertiary/aromatic N) is 5. The Morgan fingerprint density at radius 1 is 0.943 bits per heavy atom. The molecule has 0 atom stereocenters. The summed E-state index contributed by atoms with van der Waals surface area (Å²) in [5, 5.41) is 28.0. The van der Waals surface area contributed by atoms with Crippen molar-refractivity contribution >= 4 is 17.3 Å². The average molecular weight is 485 g/mol. The van der Waals surface area contributed by atoms with Gasteiger partial charge in [0.05, 0.1) is 6.54 Å². The van der Waals surface area contributed by atoms with E-state index in [-0.39, 0.29) is 23.4 Å². The lowest BCUT2D eigenvalue weighted by Crippen LogP contribution is -2.26. The predicted octanol–water partition coefficient (Wildman–Crippen LogP) is 6.66. The number of amides is 1. The van der Waals surface area contributed by atoms with E-state index in [1.165, 1.54) is 56.2 Å². The zero-order chi connectivity index (χ0) is 25.6. The Bertz CT molecular complexity index is 909. The molecular formula is C27H44N6O2. The largest absolute Gasteiger partial charge is 0.410 e. The molecule has 0 spiro atoms. The van der Waals surface area contributed by atoms with Crippen molar-refractivity contribution in [1.82, 2.24) is 20.2 Å². The van der Waals surface area contributed by atoms with Crippen molar-refractivity contribution in [2.24, 2.45) is 5.16 Å². The van der Waals surface area contributed by atoms with E-state index in [4.69, 9.17) is 0 Å². The first-order chi connectivity index (χ1) is 16.9. The van der Waals surface area contributed by atoms with Crippen LogP contribution in [0.1, 0.15) is 128 Å². The molecule has 1 heterocycles. The third-order valence-electron chi connectivity index (χ3n) is 6.30. The number of benzene rings is 1. The number of rotatable bonds is 16. The Balaban J connectivity index is 1.89. The Hall–Kier alpha value is -2.77. The van der Waals surface area contributed by atoms with Gasteiger partial charge in [0.1, 0.15) is 0 Å². The van der Waals surface area contributed by atoms with Crippen LogP contribution in [0.5, 0.6) is 0 Å². The predicted molar refractivity (Wildman–Crippen MR) is 141 cm³/mol. The van der Waals surface area contributed by atoms with Gasteiger partial charge in [0, 0.05) is 5.69 Å². The molecular weight excluding hydrogens is 440 g/mol. The number of anilines is 1. The normalized spacial score (nSPS) is 12.0. The summed E-state index contributed by atoms with van der Waals surface area (Å²) in [6.45, 7) is 11.2. The molecule has 0 unspecified atom stereocenters. The first-order valence-corrected chi connectivity index (χ1v) is 13.3. The van der Waals surface area contributed by atoms with Crippen LogP contribution in [0.15, 0.2) is 23.4 Å². The van der Waals surface area contributed by atoms with Gasteiger partial charge in [0.25, 0.3) is 5.91 Å². The van der Waals surface area contributed by atoms with Gasteiger partial charge in [-0.05, 0) is 34.6 Å². The highest BCUT2D eigenvalue weighted by Crippen LogP contribution is 2.32. The number of hydrogen-bond acceptors (Lipinski definition) is 6. The molecule has 0 bridgehead atoms. The summed E-state index contributed by atoms with van der Waals surface area (Å²) < 4.78 is 0. The standard InChI is InChI=1S/C27H44N6O2/c1-6-7-8-9-10-11-12-13-14-15-19-33-30-26(29-32-33)25(31-35)27(34)28-24-22(20(2)3)17-16-18-23(24)21(4)5/h16-18,20-21,35H,6-15,19H2,1-5H3,(H,28,34)/b31-25+. The molecule has 0 saturated heterocycles. The lowest BCUT2D eigenvalue weighted by atomic mass is 9.92. The summed E-state index contributed by atoms with van der Waals surface area (Å²) in [6, 6.07) is 6.01. The van der Waals surface area contributed by atoms with Crippen molar-refractivity contribution in [3.8, 4) is 0 Å². The van der Waals surface area contributed by atoms with Crippen molar-refractivity contribution in [1.29, 1.82) is 0 Å². The van der Waals surface area contributed by atoms with Gasteiger partial charge in [0.2, 0.25) is 11.5 Å². The molecule has 1 aromatic carbocycles. The van der Waals surface area contributed by atoms with Crippen LogP contribution >= 0.6 is 0 Å². The maximum atomic E-state index is 13.0. The minimum Gasteiger partial charge on any atom is -0.410 e. The minimum atomic E-state index is -0.555. The monoisotopic (exact) mass is 484 g/mol. The van der Waals surface area contributed by atoms with Crippen molar-refractivity contribution < 1.29 is 10.0 Å². The van der Waals surface area contributed by atoms with Crippen molar-refractivity contribution in [2.45, 2.75) is 117 Å². The summed E-state index contributed by atoms with van der Waals surface area (Å²) in [5.74, 6) is -0.0941. The van der Waals surface area contributed by atoms with Crippen molar-refractivity contribution in [3.63, 3.8) is 0 Å². The molecule has 0 radical (unpaired) electrons. The van der Waals surface area contributed by atoms with Crippen molar-refractivity contribution in [3.05, 3.63) is 35.2 Å². The number of carbonyl (C=O) groups is 1. The molecule has 0 aliphatic rings. The summed E-state index contributed by atoms with van der Waals surface area (Å²) in [7, 11) is 0. The Morgan fingerprint density at radius 2 is 1.49 bits per heavy atom. The summed E-state index contributed by atoms with van der Waals surface area (Å²) in [5.41, 5.74) is 2.56. The number of oxime groups is 1. The number of hydrogen-bond donors (Lipinski definition) is 2. The highest BCUT2D eigenvalue weighted by Gasteiger charge is 2.23. The number of para-hydroxylation sites is 1. The van der Waals surface area contributed by atoms with E-state index in [9.17, 15) is 10.0 Å². The fourth-order valence-electron chi connectivity index (χ4n) is 4.23. The highest BCUT2D eigenvalue weighted by molar-refractivity contribution is 6.47. The lowest BCUT2D eigenvalue weighted by molar-refractivity contribution is -0.110. The van der Waals surface area contributed by atoms with Gasteiger partial charge in [0.15, 0.2) is 0 Å². The maximum Gasteiger partial charge on any atom is 0.281 e. The number of tetrazole rings is 1. The minimum absolute atomic E-state index is 0.0187. The molecule has 2 rings (SSSR count). The Kier molecular flexibility index (Phi) is 12.4. The third-order valence-corrected chi connectivity index (χ3v) is 6.30. The van der Waals surface area contributed by atoms with Crippen LogP contribution in [-0.2, 0) is 11.3 Å². The molecule has 2 aromatic rings. The zero-order valence-corrected chi connectivity index (χ0v) is 22.3. The van der Waals surface area contributed by atoms with Gasteiger partial charge in [-0.2, -0.15) is 4.80 Å². The second-order valence-electron chi connectivity index (χ2n) is 9.91. The average Bonchev–Trinajstić information content (AvgIpc) is 3.29. The van der Waals surface area contributed by atoms with E-state index in [2.05, 4.69) is 60.5 Å². The van der Waals surface area contributed by atoms with Gasteiger partial charge >= 0.3 is 0 Å². The summed E-state index contributed by atoms with van der Waals surface area (Å²) in [4.78, 5) is 14.5. The number of nitrogens with one attached hydrogen (secondary N) is 1. The lowest BCUT2D eigenvalue weighted by Gasteiger charge is -2.20. The van der Waals surface area contributed by atoms with Crippen LogP contribution in [0, 0.1) is 0 Å². The molecule has 1 aromatic heterocycles. The van der Waals surface area contributed by atoms with Gasteiger partial charge in [-0.15, -0.1) is 10.2 Å². The van der Waals surface area contributed by atoms with Gasteiger partial charge < -0.3 is 10.5 Å². The SMILES string of the molecule is CCCCCCCCCCCCn1nnc(/C(=N\O)C(=O)Nc2c(C(C)C)cccc2C(C)C)n1. The maximum absolute atomic E-state index is 13.0. The van der Waals surface area contributed by atoms with E-state index < -0.39 is 5.91 Å². The topological polar surface area (TPSA) is 105 Å². The Labute approximate surface area is 210 Å². The van der Waals surface area contributed by atoms with Crippen LogP contribution in [0.3, 0.4) is 0 Å². The van der Waals surface area contributed by atoms with Crippen molar-refractivity contribution in [2.75, 3.05) is 5.32 Å². The molecule has 35 heavy (non-hydrogen) atoms. The fourth-order valence-corrected chi connectivity index (χ4v) is 4.23. The quantitative estimate of drug-likeness (QED) is 0.120. The fraction of sp³-hybridized carbons (Fsp3) is 0.667. The molecule has 1 amide bonds. The van der Waals surface area contributed by atoms with E-state index in [0.29, 0.717) is 6.54 Å². The highest BCUT2D eigenvalue weighted by atomic mass is 16.4. The number of aromatic nitrogens is 4. The van der Waals surface area contributed by atoms with Crippen LogP contribution in [-0.4, -0.2) is 37.0 Å². The van der Waals surface area contributed by atoms with E-state index in [0.717, 1.165) is 29.7 Å². The molecule has 0 fully saturated rings. The molecule has 0 aliphatic heterocycles. The molecule has 8 nitrogen and oxygen atoms in total. The first-order valence-electron chi connectivity index (χ1n) is 13.3. The zero-order valence-electron chi connectivity index (χ0n) is 22.3. The van der Waals surface area contributed by atoms with Crippen LogP contribution in [0.25, 0.3) is 0 Å². The van der Waals surface area contributed by atoms with E-state index >= 15 is 0 Å². The summed E-state index contributed by atoms with van der Waals surface area (Å²) >= 11 is 0. The number of unbranched alkanes of at least 4 members (excludes halogenated alkanes) is 9. The molecule has 0 aliphatic carbocycles. The van der Waals surface area contributed by atoms with Gasteiger partial charge in [-0.25, -0.2) is 0 Å². The van der Waals surface area contributed by atoms with Gasteiger partial charge in [-0.3, -0.25) is 4.79 Å². The van der Waals surface area contributed by atoms with Crippen LogP contribution in [0.4, 0.5) is 5.69 Å². The molecule has 194 valence electrons. The second-order valence-corrected chi connectivity index (χ2v) is 9.91. The Morgan fingerprint density at radius 3 is 2.00 bits per heavy atom. The number of carbonyl (C=O) groups excluding carboxylic acids is 1. The second kappa shape index (κ2) is 15.3. The molecule has 8 heteroatoms. The molecule has 2 N–H and O–H groups in total. The van der Waals surface area contributed by atoms with Crippen LogP contribution < -0.4 is 5.32 Å². The smallest absolute Gasteiger partial charge is 0.281 e.